The third-order valence-electron chi connectivity index (χ3n) is 4.10. The Morgan fingerprint density at radius 3 is 2.32 bits per heavy atom. The summed E-state index contributed by atoms with van der Waals surface area (Å²) in [6.07, 6.45) is 0. The molecule has 0 atom stereocenters. The number of hydrogen-bond acceptors (Lipinski definition) is 5. The summed E-state index contributed by atoms with van der Waals surface area (Å²) in [5.74, 6) is -1.27. The first-order valence-corrected chi connectivity index (χ1v) is 7.80. The average molecular weight is 346 g/mol. The van der Waals surface area contributed by atoms with Gasteiger partial charge in [-0.3, -0.25) is 14.3 Å². The second kappa shape index (κ2) is 6.92. The van der Waals surface area contributed by atoms with E-state index in [1.54, 1.807) is 32.5 Å². The van der Waals surface area contributed by atoms with Crippen molar-refractivity contribution >= 4 is 23.3 Å². The topological polar surface area (TPSA) is 106 Å². The molecule has 134 valence electrons. The first-order valence-electron chi connectivity index (χ1n) is 7.80. The molecule has 0 radical (unpaired) electrons. The van der Waals surface area contributed by atoms with Gasteiger partial charge in [0.25, 0.3) is 5.91 Å². The summed E-state index contributed by atoms with van der Waals surface area (Å²) in [6.45, 7) is 7.99. The van der Waals surface area contributed by atoms with E-state index in [1.807, 2.05) is 6.92 Å². The number of aromatic amines is 1. The van der Waals surface area contributed by atoms with Crippen molar-refractivity contribution in [1.29, 1.82) is 0 Å². The van der Waals surface area contributed by atoms with E-state index in [1.165, 1.54) is 6.92 Å². The van der Waals surface area contributed by atoms with Crippen molar-refractivity contribution in [1.82, 2.24) is 14.8 Å². The molecule has 0 saturated heterocycles. The smallest absolute Gasteiger partial charge is 0.355 e. The zero-order chi connectivity index (χ0) is 18.9. The quantitative estimate of drug-likeness (QED) is 0.636. The van der Waals surface area contributed by atoms with E-state index in [0.29, 0.717) is 28.2 Å². The Balaban J connectivity index is 2.04. The van der Waals surface area contributed by atoms with Crippen molar-refractivity contribution in [3.8, 4) is 0 Å². The summed E-state index contributed by atoms with van der Waals surface area (Å²) in [6, 6.07) is 0. The standard InChI is InChI=1S/C17H22N4O4/c1-8-14(12(5)22)9(2)18-15(8)17(24)25-7-13(23)19-16-10(3)20-21(6)11(16)4/h18H,7H2,1-6H3,(H,19,23). The number of anilines is 1. The van der Waals surface area contributed by atoms with Gasteiger partial charge in [-0.05, 0) is 40.2 Å². The Labute approximate surface area is 145 Å². The van der Waals surface area contributed by atoms with Crippen molar-refractivity contribution in [3.63, 3.8) is 0 Å². The molecular weight excluding hydrogens is 324 g/mol. The summed E-state index contributed by atoms with van der Waals surface area (Å²) in [7, 11) is 1.78. The zero-order valence-corrected chi connectivity index (χ0v) is 15.2. The number of nitrogens with zero attached hydrogens (tertiary/aromatic N) is 2. The number of Topliss-reactive ketones (excluding diaryl/α,β-unsaturated/α-hetero) is 1. The van der Waals surface area contributed by atoms with Crippen molar-refractivity contribution in [2.75, 3.05) is 11.9 Å². The second-order valence-electron chi connectivity index (χ2n) is 5.97. The number of aryl methyl sites for hydroxylation is 3. The highest BCUT2D eigenvalue weighted by Gasteiger charge is 2.22. The predicted molar refractivity (Wildman–Crippen MR) is 91.9 cm³/mol. The molecule has 2 rings (SSSR count). The number of H-pyrrole nitrogens is 1. The van der Waals surface area contributed by atoms with Crippen LogP contribution in [0, 0.1) is 27.7 Å². The first kappa shape index (κ1) is 18.4. The van der Waals surface area contributed by atoms with E-state index in [-0.39, 0.29) is 11.5 Å². The van der Waals surface area contributed by atoms with E-state index in [2.05, 4.69) is 15.4 Å². The lowest BCUT2D eigenvalue weighted by atomic mass is 10.1. The van der Waals surface area contributed by atoms with Gasteiger partial charge in [0.2, 0.25) is 0 Å². The van der Waals surface area contributed by atoms with Gasteiger partial charge < -0.3 is 15.0 Å². The fourth-order valence-corrected chi connectivity index (χ4v) is 2.82. The number of aromatic nitrogens is 3. The van der Waals surface area contributed by atoms with Gasteiger partial charge in [-0.1, -0.05) is 0 Å². The summed E-state index contributed by atoms with van der Waals surface area (Å²) in [5.41, 5.74) is 3.87. The molecule has 0 bridgehead atoms. The molecule has 8 heteroatoms. The maximum atomic E-state index is 12.2. The van der Waals surface area contributed by atoms with Gasteiger partial charge in [0, 0.05) is 18.3 Å². The minimum atomic E-state index is -0.678. The van der Waals surface area contributed by atoms with Crippen LogP contribution in [0.1, 0.15) is 50.4 Å². The highest BCUT2D eigenvalue weighted by molar-refractivity contribution is 6.01. The van der Waals surface area contributed by atoms with E-state index >= 15 is 0 Å². The van der Waals surface area contributed by atoms with Gasteiger partial charge in [-0.2, -0.15) is 5.10 Å². The molecule has 2 aromatic heterocycles. The molecule has 25 heavy (non-hydrogen) atoms. The number of esters is 1. The normalized spacial score (nSPS) is 10.6. The van der Waals surface area contributed by atoms with Crippen LogP contribution in [0.2, 0.25) is 0 Å². The fourth-order valence-electron chi connectivity index (χ4n) is 2.82. The second-order valence-corrected chi connectivity index (χ2v) is 5.97. The van der Waals surface area contributed by atoms with E-state index in [9.17, 15) is 14.4 Å². The van der Waals surface area contributed by atoms with Crippen LogP contribution in [0.4, 0.5) is 5.69 Å². The highest BCUT2D eigenvalue weighted by Crippen LogP contribution is 2.20. The Morgan fingerprint density at radius 1 is 1.20 bits per heavy atom. The molecule has 0 saturated carbocycles. The lowest BCUT2D eigenvalue weighted by Gasteiger charge is -2.07. The van der Waals surface area contributed by atoms with Crippen molar-refractivity contribution < 1.29 is 19.1 Å². The third kappa shape index (κ3) is 3.62. The van der Waals surface area contributed by atoms with Crippen LogP contribution in [0.3, 0.4) is 0 Å². The molecule has 2 aromatic rings. The number of ketones is 1. The van der Waals surface area contributed by atoms with E-state index in [0.717, 1.165) is 5.69 Å². The minimum absolute atomic E-state index is 0.134. The number of nitrogens with one attached hydrogen (secondary N) is 2. The molecule has 0 spiro atoms. The Kier molecular flexibility index (Phi) is 5.10. The van der Waals surface area contributed by atoms with Crippen LogP contribution in [0.25, 0.3) is 0 Å². The monoisotopic (exact) mass is 346 g/mol. The van der Waals surface area contributed by atoms with Crippen LogP contribution < -0.4 is 5.32 Å². The molecule has 0 aliphatic rings. The summed E-state index contributed by atoms with van der Waals surface area (Å²) < 4.78 is 6.71. The van der Waals surface area contributed by atoms with E-state index < -0.39 is 18.5 Å². The predicted octanol–water partition coefficient (Wildman–Crippen LogP) is 1.98. The molecule has 8 nitrogen and oxygen atoms in total. The maximum Gasteiger partial charge on any atom is 0.355 e. The molecule has 0 aliphatic carbocycles. The van der Waals surface area contributed by atoms with Crippen LogP contribution >= 0.6 is 0 Å². The van der Waals surface area contributed by atoms with Gasteiger partial charge in [0.05, 0.1) is 17.1 Å². The minimum Gasteiger partial charge on any atom is -0.451 e. The molecule has 2 heterocycles. The van der Waals surface area contributed by atoms with Gasteiger partial charge in [0.15, 0.2) is 12.4 Å². The molecule has 2 N–H and O–H groups in total. The number of rotatable bonds is 5. The van der Waals surface area contributed by atoms with Crippen molar-refractivity contribution in [2.45, 2.75) is 34.6 Å². The Morgan fingerprint density at radius 2 is 1.84 bits per heavy atom. The summed E-state index contributed by atoms with van der Waals surface area (Å²) in [4.78, 5) is 38.7. The van der Waals surface area contributed by atoms with E-state index in [4.69, 9.17) is 4.74 Å². The first-order chi connectivity index (χ1) is 11.6. The largest absolute Gasteiger partial charge is 0.451 e. The van der Waals surface area contributed by atoms with Gasteiger partial charge in [0.1, 0.15) is 5.69 Å². The highest BCUT2D eigenvalue weighted by atomic mass is 16.5. The average Bonchev–Trinajstić information content (AvgIpc) is 2.95. The number of carbonyl (C=O) groups is 3. The van der Waals surface area contributed by atoms with Crippen LogP contribution in [-0.2, 0) is 16.6 Å². The number of ether oxygens (including phenoxy) is 1. The number of carbonyl (C=O) groups excluding carboxylic acids is 3. The SMILES string of the molecule is CC(=O)c1c(C)[nH]c(C(=O)OCC(=O)Nc2c(C)nn(C)c2C)c1C. The number of amides is 1. The Bertz CT molecular complexity index is 861. The van der Waals surface area contributed by atoms with Gasteiger partial charge in [-0.15, -0.1) is 0 Å². The fraction of sp³-hybridized carbons (Fsp3) is 0.412. The summed E-state index contributed by atoms with van der Waals surface area (Å²) in [5, 5.41) is 6.90. The lowest BCUT2D eigenvalue weighted by molar-refractivity contribution is -0.119. The third-order valence-corrected chi connectivity index (χ3v) is 4.10. The van der Waals surface area contributed by atoms with Crippen molar-refractivity contribution in [2.24, 2.45) is 7.05 Å². The Hall–Kier alpha value is -2.90. The van der Waals surface area contributed by atoms with Crippen LogP contribution in [0.15, 0.2) is 0 Å². The molecule has 0 aromatic carbocycles. The van der Waals surface area contributed by atoms with Gasteiger partial charge >= 0.3 is 5.97 Å². The lowest BCUT2D eigenvalue weighted by Crippen LogP contribution is -2.22. The summed E-state index contributed by atoms with van der Waals surface area (Å²) >= 11 is 0. The molecular formula is C17H22N4O4. The van der Waals surface area contributed by atoms with Crippen LogP contribution in [-0.4, -0.2) is 39.0 Å². The maximum absolute atomic E-state index is 12.2. The zero-order valence-electron chi connectivity index (χ0n) is 15.2. The molecule has 0 aliphatic heterocycles. The molecule has 0 unspecified atom stereocenters. The van der Waals surface area contributed by atoms with Gasteiger partial charge in [-0.25, -0.2) is 4.79 Å². The molecule has 1 amide bonds. The van der Waals surface area contributed by atoms with Crippen molar-refractivity contribution in [3.05, 3.63) is 33.9 Å². The molecule has 0 fully saturated rings. The number of hydrogen-bond donors (Lipinski definition) is 2. The van der Waals surface area contributed by atoms with Crippen LogP contribution in [0.5, 0.6) is 0 Å².